The van der Waals surface area contributed by atoms with Gasteiger partial charge >= 0.3 is 5.97 Å². The molecule has 0 aromatic heterocycles. The highest BCUT2D eigenvalue weighted by atomic mass is 16.5. The van der Waals surface area contributed by atoms with Crippen LogP contribution in [0.2, 0.25) is 0 Å². The van der Waals surface area contributed by atoms with Gasteiger partial charge in [-0.3, -0.25) is 14.4 Å². The van der Waals surface area contributed by atoms with Gasteiger partial charge in [-0.2, -0.15) is 0 Å². The van der Waals surface area contributed by atoms with Gasteiger partial charge in [-0.05, 0) is 49.1 Å². The smallest absolute Gasteiger partial charge is 0.325 e. The standard InChI is InChI=1S/C22H30N2O4/c1-15-5-7-16(8-6-15)20(27)23-11-19(26)28-12-18(25)24-14-22(4)10-17(24)9-21(2,3)13-22/h5-8,17H,9-14H2,1-4H3,(H,23,27)/t17-,22-/m0/s1. The first-order chi connectivity index (χ1) is 13.1. The maximum atomic E-state index is 12.6. The molecule has 1 aliphatic carbocycles. The highest BCUT2D eigenvalue weighted by Crippen LogP contribution is 2.52. The Morgan fingerprint density at radius 2 is 1.82 bits per heavy atom. The number of nitrogens with zero attached hydrogens (tertiary/aromatic N) is 1. The molecule has 1 aliphatic heterocycles. The van der Waals surface area contributed by atoms with E-state index in [9.17, 15) is 14.4 Å². The number of fused-ring (bicyclic) bond motifs is 2. The lowest BCUT2D eigenvalue weighted by Crippen LogP contribution is -2.40. The van der Waals surface area contributed by atoms with Crippen LogP contribution in [-0.2, 0) is 14.3 Å². The van der Waals surface area contributed by atoms with Crippen LogP contribution < -0.4 is 5.32 Å². The van der Waals surface area contributed by atoms with Crippen LogP contribution in [0.4, 0.5) is 0 Å². The van der Waals surface area contributed by atoms with Crippen LogP contribution in [0.5, 0.6) is 0 Å². The number of carbonyl (C=O) groups is 3. The molecule has 2 atom stereocenters. The Bertz CT molecular complexity index is 771. The third-order valence-corrected chi connectivity index (χ3v) is 5.80. The lowest BCUT2D eigenvalue weighted by atomic mass is 9.65. The van der Waals surface area contributed by atoms with Crippen molar-refractivity contribution in [3.05, 3.63) is 35.4 Å². The lowest BCUT2D eigenvalue weighted by Gasteiger charge is -2.39. The Morgan fingerprint density at radius 3 is 2.50 bits per heavy atom. The average molecular weight is 386 g/mol. The predicted octanol–water partition coefficient (Wildman–Crippen LogP) is 2.70. The van der Waals surface area contributed by atoms with Gasteiger partial charge in [0.1, 0.15) is 6.54 Å². The van der Waals surface area contributed by atoms with E-state index in [1.54, 1.807) is 12.1 Å². The number of esters is 1. The van der Waals surface area contributed by atoms with E-state index in [0.29, 0.717) is 5.56 Å². The molecule has 6 nitrogen and oxygen atoms in total. The number of ether oxygens (including phenoxy) is 1. The van der Waals surface area contributed by atoms with E-state index in [1.807, 2.05) is 24.0 Å². The van der Waals surface area contributed by atoms with E-state index in [1.165, 1.54) is 0 Å². The molecule has 6 heteroatoms. The summed E-state index contributed by atoms with van der Waals surface area (Å²) in [7, 11) is 0. The normalized spacial score (nSPS) is 25.3. The summed E-state index contributed by atoms with van der Waals surface area (Å²) in [5.41, 5.74) is 1.91. The molecule has 28 heavy (non-hydrogen) atoms. The van der Waals surface area contributed by atoms with Gasteiger partial charge in [0.2, 0.25) is 0 Å². The van der Waals surface area contributed by atoms with Gasteiger partial charge < -0.3 is 15.0 Å². The Labute approximate surface area is 166 Å². The SMILES string of the molecule is Cc1ccc(C(=O)NCC(=O)OCC(=O)N2C[C@@]3(C)C[C@@H]2CC(C)(C)C3)cc1. The highest BCUT2D eigenvalue weighted by molar-refractivity contribution is 5.96. The van der Waals surface area contributed by atoms with Crippen molar-refractivity contribution < 1.29 is 19.1 Å². The van der Waals surface area contributed by atoms with Gasteiger partial charge in [-0.15, -0.1) is 0 Å². The number of amides is 2. The zero-order valence-corrected chi connectivity index (χ0v) is 17.2. The van der Waals surface area contributed by atoms with Crippen LogP contribution in [0.3, 0.4) is 0 Å². The van der Waals surface area contributed by atoms with Gasteiger partial charge in [-0.25, -0.2) is 0 Å². The van der Waals surface area contributed by atoms with E-state index in [0.717, 1.165) is 31.4 Å². The summed E-state index contributed by atoms with van der Waals surface area (Å²) in [6.07, 6.45) is 3.10. The average Bonchev–Trinajstić information content (AvgIpc) is 2.87. The zero-order chi connectivity index (χ0) is 20.5. The van der Waals surface area contributed by atoms with Crippen molar-refractivity contribution >= 4 is 17.8 Å². The second-order valence-electron chi connectivity index (χ2n) is 9.44. The molecule has 2 amide bonds. The van der Waals surface area contributed by atoms with Crippen molar-refractivity contribution in [1.82, 2.24) is 10.2 Å². The molecule has 2 bridgehead atoms. The third-order valence-electron chi connectivity index (χ3n) is 5.80. The van der Waals surface area contributed by atoms with Gasteiger partial charge in [-0.1, -0.05) is 38.5 Å². The maximum absolute atomic E-state index is 12.6. The Balaban J connectivity index is 1.45. The van der Waals surface area contributed by atoms with Crippen molar-refractivity contribution in [3.8, 4) is 0 Å². The van der Waals surface area contributed by atoms with E-state index >= 15 is 0 Å². The Morgan fingerprint density at radius 1 is 1.14 bits per heavy atom. The number of likely N-dealkylation sites (tertiary alicyclic amines) is 1. The van der Waals surface area contributed by atoms with E-state index in [2.05, 4.69) is 26.1 Å². The second kappa shape index (κ2) is 7.57. The molecule has 1 N–H and O–H groups in total. The summed E-state index contributed by atoms with van der Waals surface area (Å²) in [6, 6.07) is 7.29. The maximum Gasteiger partial charge on any atom is 0.325 e. The molecule has 0 radical (unpaired) electrons. The first-order valence-electron chi connectivity index (χ1n) is 9.87. The van der Waals surface area contributed by atoms with Crippen LogP contribution in [0.15, 0.2) is 24.3 Å². The minimum Gasteiger partial charge on any atom is -0.454 e. The van der Waals surface area contributed by atoms with Crippen molar-refractivity contribution in [3.63, 3.8) is 0 Å². The molecule has 1 saturated heterocycles. The van der Waals surface area contributed by atoms with Gasteiger partial charge in [0.05, 0.1) is 0 Å². The van der Waals surface area contributed by atoms with E-state index < -0.39 is 5.97 Å². The summed E-state index contributed by atoms with van der Waals surface area (Å²) in [5.74, 6) is -1.10. The Hall–Kier alpha value is -2.37. The Kier molecular flexibility index (Phi) is 5.50. The molecule has 1 aromatic rings. The third kappa shape index (κ3) is 4.72. The number of nitrogens with one attached hydrogen (secondary N) is 1. The fraction of sp³-hybridized carbons (Fsp3) is 0.591. The van der Waals surface area contributed by atoms with E-state index in [-0.39, 0.29) is 41.8 Å². The largest absolute Gasteiger partial charge is 0.454 e. The fourth-order valence-corrected chi connectivity index (χ4v) is 4.99. The van der Waals surface area contributed by atoms with Gasteiger partial charge in [0.15, 0.2) is 6.61 Å². The number of carbonyl (C=O) groups excluding carboxylic acids is 3. The van der Waals surface area contributed by atoms with Crippen molar-refractivity contribution in [1.29, 1.82) is 0 Å². The molecule has 0 spiro atoms. The minimum absolute atomic E-state index is 0.147. The topological polar surface area (TPSA) is 75.7 Å². The van der Waals surface area contributed by atoms with Crippen molar-refractivity contribution in [2.45, 2.75) is 53.0 Å². The zero-order valence-electron chi connectivity index (χ0n) is 17.2. The van der Waals surface area contributed by atoms with E-state index in [4.69, 9.17) is 4.74 Å². The van der Waals surface area contributed by atoms with Crippen LogP contribution in [0.1, 0.15) is 56.0 Å². The predicted molar refractivity (Wildman–Crippen MR) is 106 cm³/mol. The fourth-order valence-electron chi connectivity index (χ4n) is 4.99. The first-order valence-corrected chi connectivity index (χ1v) is 9.87. The van der Waals surface area contributed by atoms with Crippen molar-refractivity contribution in [2.24, 2.45) is 10.8 Å². The summed E-state index contributed by atoms with van der Waals surface area (Å²) in [4.78, 5) is 38.5. The summed E-state index contributed by atoms with van der Waals surface area (Å²) in [5, 5.41) is 2.53. The molecule has 2 fully saturated rings. The molecular formula is C22H30N2O4. The minimum atomic E-state index is -0.609. The molecule has 1 aromatic carbocycles. The number of aryl methyl sites for hydroxylation is 1. The summed E-state index contributed by atoms with van der Waals surface area (Å²) in [6.45, 7) is 8.87. The summed E-state index contributed by atoms with van der Waals surface area (Å²) >= 11 is 0. The summed E-state index contributed by atoms with van der Waals surface area (Å²) < 4.78 is 5.11. The lowest BCUT2D eigenvalue weighted by molar-refractivity contribution is -0.151. The first kappa shape index (κ1) is 20.4. The molecule has 152 valence electrons. The molecule has 2 aliphatic rings. The molecular weight excluding hydrogens is 356 g/mol. The van der Waals surface area contributed by atoms with Crippen LogP contribution >= 0.6 is 0 Å². The van der Waals surface area contributed by atoms with Gasteiger partial charge in [0, 0.05) is 18.2 Å². The second-order valence-corrected chi connectivity index (χ2v) is 9.44. The number of hydrogen-bond acceptors (Lipinski definition) is 4. The molecule has 0 unspecified atom stereocenters. The number of benzene rings is 1. The van der Waals surface area contributed by atoms with Crippen LogP contribution in [0.25, 0.3) is 0 Å². The molecule has 1 heterocycles. The number of rotatable bonds is 5. The van der Waals surface area contributed by atoms with Crippen molar-refractivity contribution in [2.75, 3.05) is 19.7 Å². The number of hydrogen-bond donors (Lipinski definition) is 1. The molecule has 1 saturated carbocycles. The monoisotopic (exact) mass is 386 g/mol. The molecule has 3 rings (SSSR count). The highest BCUT2D eigenvalue weighted by Gasteiger charge is 2.50. The quantitative estimate of drug-likeness (QED) is 0.790. The van der Waals surface area contributed by atoms with Gasteiger partial charge in [0.25, 0.3) is 11.8 Å². The van der Waals surface area contributed by atoms with Crippen LogP contribution in [-0.4, -0.2) is 48.4 Å². The van der Waals surface area contributed by atoms with Crippen LogP contribution in [0, 0.1) is 17.8 Å².